The molecule has 1 aliphatic rings. The van der Waals surface area contributed by atoms with Gasteiger partial charge >= 0.3 is 6.18 Å². The molecule has 0 aliphatic carbocycles. The first-order valence-corrected chi connectivity index (χ1v) is 8.82. The number of hydrogen-bond acceptors (Lipinski definition) is 5. The molecule has 0 atom stereocenters. The van der Waals surface area contributed by atoms with E-state index in [1.165, 1.54) is 24.3 Å². The van der Waals surface area contributed by atoms with Gasteiger partial charge in [-0.05, 0) is 12.1 Å². The second-order valence-electron chi connectivity index (χ2n) is 6.08. The fourth-order valence-electron chi connectivity index (χ4n) is 2.82. The predicted molar refractivity (Wildman–Crippen MR) is 96.7 cm³/mol. The minimum Gasteiger partial charge on any atom is -0.486 e. The van der Waals surface area contributed by atoms with Crippen LogP contribution >= 0.6 is 11.6 Å². The Morgan fingerprint density at radius 2 is 1.80 bits per heavy atom. The molecule has 3 aromatic rings. The maximum atomic E-state index is 14.0. The maximum Gasteiger partial charge on any atom is 0.435 e. The number of nitrogens with zero attached hydrogens (tertiary/aromatic N) is 3. The SMILES string of the molecule is O=C(Nc1cc2c(cc1Cl)OCCO2)c1nnn(-c2ccccc2F)c1C(F)(F)F. The van der Waals surface area contributed by atoms with Gasteiger partial charge in [0.25, 0.3) is 5.91 Å². The summed E-state index contributed by atoms with van der Waals surface area (Å²) in [5.41, 5.74) is -3.09. The molecule has 12 heteroatoms. The second-order valence-corrected chi connectivity index (χ2v) is 6.48. The molecular weight excluding hydrogens is 432 g/mol. The summed E-state index contributed by atoms with van der Waals surface area (Å²) in [6.07, 6.45) is -5.05. The van der Waals surface area contributed by atoms with E-state index in [-0.39, 0.29) is 27.7 Å². The topological polar surface area (TPSA) is 78.3 Å². The van der Waals surface area contributed by atoms with Crippen LogP contribution in [0.25, 0.3) is 5.69 Å². The molecule has 2 aromatic carbocycles. The van der Waals surface area contributed by atoms with E-state index >= 15 is 0 Å². The van der Waals surface area contributed by atoms with Crippen molar-refractivity contribution in [1.82, 2.24) is 15.0 Å². The van der Waals surface area contributed by atoms with E-state index in [2.05, 4.69) is 15.6 Å². The number of carbonyl (C=O) groups excluding carboxylic acids is 1. The molecule has 0 radical (unpaired) electrons. The molecule has 0 saturated heterocycles. The van der Waals surface area contributed by atoms with Crippen LogP contribution < -0.4 is 14.8 Å². The Morgan fingerprint density at radius 1 is 1.13 bits per heavy atom. The summed E-state index contributed by atoms with van der Waals surface area (Å²) in [5.74, 6) is -1.59. The molecule has 156 valence electrons. The van der Waals surface area contributed by atoms with Crippen LogP contribution in [0.3, 0.4) is 0 Å². The van der Waals surface area contributed by atoms with E-state index < -0.39 is 35.0 Å². The average molecular weight is 443 g/mol. The molecule has 7 nitrogen and oxygen atoms in total. The zero-order valence-electron chi connectivity index (χ0n) is 14.8. The first-order valence-electron chi connectivity index (χ1n) is 8.44. The number of halogens is 5. The fraction of sp³-hybridized carbons (Fsp3) is 0.167. The Hall–Kier alpha value is -3.34. The lowest BCUT2D eigenvalue weighted by molar-refractivity contribution is -0.143. The summed E-state index contributed by atoms with van der Waals surface area (Å²) in [6.45, 7) is 0.570. The quantitative estimate of drug-likeness (QED) is 0.618. The van der Waals surface area contributed by atoms with Crippen molar-refractivity contribution in [2.24, 2.45) is 0 Å². The van der Waals surface area contributed by atoms with E-state index in [1.54, 1.807) is 0 Å². The molecule has 30 heavy (non-hydrogen) atoms. The molecule has 4 rings (SSSR count). The van der Waals surface area contributed by atoms with Gasteiger partial charge < -0.3 is 14.8 Å². The van der Waals surface area contributed by atoms with Crippen molar-refractivity contribution in [1.29, 1.82) is 0 Å². The zero-order chi connectivity index (χ0) is 21.5. The highest BCUT2D eigenvalue weighted by Crippen LogP contribution is 2.39. The predicted octanol–water partition coefficient (Wildman–Crippen LogP) is 4.10. The van der Waals surface area contributed by atoms with Gasteiger partial charge in [-0.2, -0.15) is 13.2 Å². The van der Waals surface area contributed by atoms with E-state index in [0.717, 1.165) is 12.1 Å². The number of carbonyl (C=O) groups is 1. The van der Waals surface area contributed by atoms with Gasteiger partial charge in [0.15, 0.2) is 22.9 Å². The number of aromatic nitrogens is 3. The first-order chi connectivity index (χ1) is 14.3. The van der Waals surface area contributed by atoms with Crippen molar-refractivity contribution in [3.8, 4) is 17.2 Å². The van der Waals surface area contributed by atoms with E-state index in [0.29, 0.717) is 12.4 Å². The first kappa shape index (κ1) is 20.0. The second kappa shape index (κ2) is 7.48. The minimum atomic E-state index is -5.05. The van der Waals surface area contributed by atoms with E-state index in [4.69, 9.17) is 21.1 Å². The van der Waals surface area contributed by atoms with Crippen LogP contribution in [0.5, 0.6) is 11.5 Å². The number of benzene rings is 2. The summed E-state index contributed by atoms with van der Waals surface area (Å²) in [6, 6.07) is 7.37. The van der Waals surface area contributed by atoms with Crippen molar-refractivity contribution in [3.63, 3.8) is 0 Å². The van der Waals surface area contributed by atoms with Crippen LogP contribution in [0.4, 0.5) is 23.2 Å². The summed E-state index contributed by atoms with van der Waals surface area (Å²) < 4.78 is 66.1. The van der Waals surface area contributed by atoms with Crippen LogP contribution in [-0.2, 0) is 6.18 Å². The minimum absolute atomic E-state index is 0.0144. The number of fused-ring (bicyclic) bond motifs is 1. The van der Waals surface area contributed by atoms with E-state index in [9.17, 15) is 22.4 Å². The monoisotopic (exact) mass is 442 g/mol. The Bertz CT molecular complexity index is 1130. The van der Waals surface area contributed by atoms with Gasteiger partial charge in [0.05, 0.1) is 10.7 Å². The molecule has 0 saturated carbocycles. The van der Waals surface area contributed by atoms with Crippen LogP contribution in [-0.4, -0.2) is 34.1 Å². The number of hydrogen-bond donors (Lipinski definition) is 1. The number of anilines is 1. The van der Waals surface area contributed by atoms with Gasteiger partial charge in [-0.25, -0.2) is 9.07 Å². The largest absolute Gasteiger partial charge is 0.486 e. The molecule has 1 amide bonds. The van der Waals surface area contributed by atoms with Crippen molar-refractivity contribution >= 4 is 23.2 Å². The lowest BCUT2D eigenvalue weighted by Crippen LogP contribution is -2.22. The van der Waals surface area contributed by atoms with Crippen LogP contribution in [0.15, 0.2) is 36.4 Å². The van der Waals surface area contributed by atoms with Gasteiger partial charge in [-0.1, -0.05) is 28.9 Å². The Kier molecular flexibility index (Phi) is 4.98. The van der Waals surface area contributed by atoms with Gasteiger partial charge in [0.1, 0.15) is 24.7 Å². The van der Waals surface area contributed by atoms with Gasteiger partial charge in [-0.3, -0.25) is 4.79 Å². The molecule has 1 aromatic heterocycles. The van der Waals surface area contributed by atoms with Crippen LogP contribution in [0, 0.1) is 5.82 Å². The van der Waals surface area contributed by atoms with Crippen molar-refractivity contribution in [3.05, 3.63) is 58.6 Å². The lowest BCUT2D eigenvalue weighted by atomic mass is 10.2. The number of rotatable bonds is 3. The van der Waals surface area contributed by atoms with Gasteiger partial charge in [0.2, 0.25) is 0 Å². The van der Waals surface area contributed by atoms with Crippen molar-refractivity contribution < 1.29 is 31.8 Å². The molecule has 1 aliphatic heterocycles. The van der Waals surface area contributed by atoms with Gasteiger partial charge in [-0.15, -0.1) is 5.10 Å². The average Bonchev–Trinajstić information content (AvgIpc) is 3.14. The molecule has 2 heterocycles. The smallest absolute Gasteiger partial charge is 0.435 e. The van der Waals surface area contributed by atoms with Crippen LogP contribution in [0.2, 0.25) is 5.02 Å². The molecule has 0 unspecified atom stereocenters. The van der Waals surface area contributed by atoms with Gasteiger partial charge in [0, 0.05) is 12.1 Å². The summed E-state index contributed by atoms with van der Waals surface area (Å²) in [4.78, 5) is 12.6. The standard InChI is InChI=1S/C18H11ClF4N4O3/c19-9-7-13-14(30-6-5-29-13)8-11(9)24-17(28)15-16(18(21,22)23)27(26-25-15)12-4-2-1-3-10(12)20/h1-4,7-8H,5-6H2,(H,24,28). The number of ether oxygens (including phenoxy) is 2. The Labute approximate surface area is 171 Å². The third-order valence-corrected chi connectivity index (χ3v) is 4.43. The lowest BCUT2D eigenvalue weighted by Gasteiger charge is -2.20. The molecule has 0 fully saturated rings. The third kappa shape index (κ3) is 3.63. The normalized spacial score (nSPS) is 13.2. The highest BCUT2D eigenvalue weighted by atomic mass is 35.5. The number of nitrogens with one attached hydrogen (secondary N) is 1. The van der Waals surface area contributed by atoms with Crippen molar-refractivity contribution in [2.75, 3.05) is 18.5 Å². The Balaban J connectivity index is 1.73. The third-order valence-electron chi connectivity index (χ3n) is 4.11. The summed E-state index contributed by atoms with van der Waals surface area (Å²) in [7, 11) is 0. The molecular formula is C18H11ClF4N4O3. The number of para-hydroxylation sites is 1. The zero-order valence-corrected chi connectivity index (χ0v) is 15.6. The van der Waals surface area contributed by atoms with E-state index in [1.807, 2.05) is 0 Å². The highest BCUT2D eigenvalue weighted by Gasteiger charge is 2.42. The molecule has 0 bridgehead atoms. The maximum absolute atomic E-state index is 14.0. The van der Waals surface area contributed by atoms with Crippen LogP contribution in [0.1, 0.15) is 16.2 Å². The fourth-order valence-corrected chi connectivity index (χ4v) is 3.02. The Morgan fingerprint density at radius 3 is 2.47 bits per heavy atom. The number of alkyl halides is 3. The molecule has 0 spiro atoms. The summed E-state index contributed by atoms with van der Waals surface area (Å²) >= 11 is 6.08. The highest BCUT2D eigenvalue weighted by molar-refractivity contribution is 6.34. The van der Waals surface area contributed by atoms with Crippen molar-refractivity contribution in [2.45, 2.75) is 6.18 Å². The molecule has 1 N–H and O–H groups in total. The number of amides is 1. The summed E-state index contributed by atoms with van der Waals surface area (Å²) in [5, 5.41) is 8.93.